The number of pyridine rings is 2. The SMILES string of the molecule is COc1cc2ncc3c4c2c(oc2ccncc2n4c(=O)n3C)c1-c1cnn(C)c1. The summed E-state index contributed by atoms with van der Waals surface area (Å²) in [6, 6.07) is 3.61. The lowest BCUT2D eigenvalue weighted by Crippen LogP contribution is -2.17. The third kappa shape index (κ3) is 2.00. The van der Waals surface area contributed by atoms with Crippen LogP contribution in [0, 0.1) is 0 Å². The average Bonchev–Trinajstić information content (AvgIpc) is 3.23. The summed E-state index contributed by atoms with van der Waals surface area (Å²) in [5.74, 6) is 0.611. The van der Waals surface area contributed by atoms with Crippen LogP contribution in [0.1, 0.15) is 0 Å². The highest BCUT2D eigenvalue weighted by Crippen LogP contribution is 2.42. The lowest BCUT2D eigenvalue weighted by molar-refractivity contribution is 0.416. The van der Waals surface area contributed by atoms with Gasteiger partial charge in [-0.3, -0.25) is 23.6 Å². The molecular weight excluding hydrogens is 384 g/mol. The summed E-state index contributed by atoms with van der Waals surface area (Å²) in [4.78, 5) is 22.0. The molecule has 5 aromatic heterocycles. The predicted octanol–water partition coefficient (Wildman–Crippen LogP) is 2.89. The normalized spacial score (nSPS) is 12.0. The Kier molecular flexibility index (Phi) is 3.18. The molecule has 0 bridgehead atoms. The van der Waals surface area contributed by atoms with Crippen LogP contribution in [0.4, 0.5) is 0 Å². The Balaban J connectivity index is 2.02. The van der Waals surface area contributed by atoms with Crippen molar-refractivity contribution >= 4 is 38.6 Å². The van der Waals surface area contributed by atoms with Gasteiger partial charge >= 0.3 is 5.69 Å². The van der Waals surface area contributed by atoms with Crippen molar-refractivity contribution in [3.8, 4) is 16.9 Å². The summed E-state index contributed by atoms with van der Waals surface area (Å²) in [6.07, 6.45) is 8.62. The maximum Gasteiger partial charge on any atom is 0.333 e. The number of benzene rings is 1. The van der Waals surface area contributed by atoms with E-state index in [-0.39, 0.29) is 5.69 Å². The molecule has 0 saturated heterocycles. The molecule has 0 spiro atoms. The lowest BCUT2D eigenvalue weighted by atomic mass is 10.0. The standard InChI is InChI=1S/C21H16N6O3/c1-25-10-11(7-24-25)17-16(29-3)6-12-18-19-14(9-23-12)26(2)21(28)27(19)13-8-22-5-4-15(13)30-20(17)18/h4-10H,1-3H3. The first kappa shape index (κ1) is 16.8. The molecule has 0 saturated carbocycles. The van der Waals surface area contributed by atoms with Crippen LogP contribution in [0.3, 0.4) is 0 Å². The summed E-state index contributed by atoms with van der Waals surface area (Å²) < 4.78 is 17.1. The molecule has 0 aliphatic rings. The fourth-order valence-electron chi connectivity index (χ4n) is 4.14. The van der Waals surface area contributed by atoms with Crippen molar-refractivity contribution in [3.63, 3.8) is 0 Å². The number of imidazole rings is 1. The van der Waals surface area contributed by atoms with Crippen LogP contribution in [-0.4, -0.2) is 35.8 Å². The molecule has 0 unspecified atom stereocenters. The zero-order chi connectivity index (χ0) is 20.6. The van der Waals surface area contributed by atoms with Crippen molar-refractivity contribution in [2.75, 3.05) is 7.11 Å². The summed E-state index contributed by atoms with van der Waals surface area (Å²) in [5.41, 5.74) is 5.16. The molecule has 6 aromatic rings. The van der Waals surface area contributed by atoms with Gasteiger partial charge in [0.05, 0.1) is 53.2 Å². The summed E-state index contributed by atoms with van der Waals surface area (Å²) in [5, 5.41) is 5.05. The zero-order valence-electron chi connectivity index (χ0n) is 16.4. The summed E-state index contributed by atoms with van der Waals surface area (Å²) in [6.45, 7) is 0. The van der Waals surface area contributed by atoms with E-state index in [0.29, 0.717) is 33.5 Å². The fraction of sp³-hybridized carbons (Fsp3) is 0.143. The second kappa shape index (κ2) is 5.69. The van der Waals surface area contributed by atoms with E-state index in [1.165, 1.54) is 0 Å². The van der Waals surface area contributed by atoms with Gasteiger partial charge < -0.3 is 9.15 Å². The molecule has 6 rings (SSSR count). The van der Waals surface area contributed by atoms with Gasteiger partial charge in [-0.1, -0.05) is 0 Å². The van der Waals surface area contributed by atoms with E-state index in [4.69, 9.17) is 9.15 Å². The third-order valence-corrected chi connectivity index (χ3v) is 5.52. The van der Waals surface area contributed by atoms with Gasteiger partial charge in [-0.25, -0.2) is 4.79 Å². The van der Waals surface area contributed by atoms with Crippen molar-refractivity contribution < 1.29 is 9.15 Å². The monoisotopic (exact) mass is 400 g/mol. The minimum atomic E-state index is -0.191. The van der Waals surface area contributed by atoms with Crippen molar-refractivity contribution in [2.45, 2.75) is 0 Å². The maximum absolute atomic E-state index is 13.2. The van der Waals surface area contributed by atoms with Crippen LogP contribution in [0.5, 0.6) is 5.75 Å². The van der Waals surface area contributed by atoms with Gasteiger partial charge in [-0.15, -0.1) is 0 Å². The number of methoxy groups -OCH3 is 1. The molecule has 0 amide bonds. The molecule has 9 nitrogen and oxygen atoms in total. The molecule has 9 heteroatoms. The van der Waals surface area contributed by atoms with Gasteiger partial charge in [-0.2, -0.15) is 5.10 Å². The van der Waals surface area contributed by atoms with Gasteiger partial charge in [0.25, 0.3) is 0 Å². The molecule has 0 aliphatic heterocycles. The zero-order valence-corrected chi connectivity index (χ0v) is 16.4. The third-order valence-electron chi connectivity index (χ3n) is 5.52. The molecular formula is C21H16N6O3. The highest BCUT2D eigenvalue weighted by Gasteiger charge is 2.23. The first-order chi connectivity index (χ1) is 14.6. The average molecular weight is 400 g/mol. The number of rotatable bonds is 2. The van der Waals surface area contributed by atoms with Gasteiger partial charge in [-0.05, 0) is 0 Å². The van der Waals surface area contributed by atoms with Crippen molar-refractivity contribution in [1.29, 1.82) is 0 Å². The topological polar surface area (TPSA) is 92.4 Å². The summed E-state index contributed by atoms with van der Waals surface area (Å²) in [7, 11) is 5.20. The molecule has 1 aromatic carbocycles. The first-order valence-corrected chi connectivity index (χ1v) is 9.31. The predicted molar refractivity (Wildman–Crippen MR) is 112 cm³/mol. The molecule has 0 atom stereocenters. The molecule has 0 N–H and O–H groups in total. The Morgan fingerprint density at radius 1 is 1.13 bits per heavy atom. The summed E-state index contributed by atoms with van der Waals surface area (Å²) >= 11 is 0. The van der Waals surface area contributed by atoms with Crippen LogP contribution in [-0.2, 0) is 14.1 Å². The highest BCUT2D eigenvalue weighted by atomic mass is 16.5. The van der Waals surface area contributed by atoms with E-state index in [1.54, 1.807) is 58.7 Å². The number of hydrogen-bond donors (Lipinski definition) is 0. The van der Waals surface area contributed by atoms with E-state index in [2.05, 4.69) is 15.1 Å². The Hall–Kier alpha value is -4.14. The second-order valence-electron chi connectivity index (χ2n) is 7.19. The van der Waals surface area contributed by atoms with Crippen LogP contribution in [0.25, 0.3) is 49.7 Å². The van der Waals surface area contributed by atoms with Crippen molar-refractivity contribution in [2.24, 2.45) is 14.1 Å². The Labute approximate surface area is 168 Å². The van der Waals surface area contributed by atoms with Crippen LogP contribution in [0.15, 0.2) is 52.3 Å². The van der Waals surface area contributed by atoms with E-state index >= 15 is 0 Å². The van der Waals surface area contributed by atoms with Crippen LogP contribution >= 0.6 is 0 Å². The van der Waals surface area contributed by atoms with Gasteiger partial charge in [0.1, 0.15) is 11.3 Å². The van der Waals surface area contributed by atoms with Crippen molar-refractivity contribution in [1.82, 2.24) is 28.7 Å². The molecule has 0 fully saturated rings. The Morgan fingerprint density at radius 2 is 2.00 bits per heavy atom. The van der Waals surface area contributed by atoms with Gasteiger partial charge in [0.15, 0.2) is 11.2 Å². The molecule has 0 aliphatic carbocycles. The number of fused-ring (bicyclic) bond motifs is 2. The van der Waals surface area contributed by atoms with E-state index in [1.807, 2.05) is 19.3 Å². The minimum absolute atomic E-state index is 0.191. The minimum Gasteiger partial charge on any atom is -0.496 e. The van der Waals surface area contributed by atoms with Crippen LogP contribution in [0.2, 0.25) is 0 Å². The quantitative estimate of drug-likeness (QED) is 0.444. The van der Waals surface area contributed by atoms with Crippen LogP contribution < -0.4 is 10.4 Å². The van der Waals surface area contributed by atoms with Gasteiger partial charge in [0, 0.05) is 44.2 Å². The second-order valence-corrected chi connectivity index (χ2v) is 7.19. The highest BCUT2D eigenvalue weighted by molar-refractivity contribution is 6.16. The molecule has 0 radical (unpaired) electrons. The smallest absolute Gasteiger partial charge is 0.333 e. The fourth-order valence-corrected chi connectivity index (χ4v) is 4.14. The Bertz CT molecular complexity index is 1680. The van der Waals surface area contributed by atoms with Crippen molar-refractivity contribution in [3.05, 3.63) is 53.6 Å². The lowest BCUT2D eigenvalue weighted by Gasteiger charge is -2.11. The number of aromatic nitrogens is 6. The number of ether oxygens (including phenoxy) is 1. The van der Waals surface area contributed by atoms with E-state index < -0.39 is 0 Å². The van der Waals surface area contributed by atoms with E-state index in [9.17, 15) is 4.79 Å². The molecule has 148 valence electrons. The first-order valence-electron chi connectivity index (χ1n) is 9.31. The molecule has 30 heavy (non-hydrogen) atoms. The Morgan fingerprint density at radius 3 is 2.77 bits per heavy atom. The number of aryl methyl sites for hydroxylation is 2. The van der Waals surface area contributed by atoms with E-state index in [0.717, 1.165) is 22.0 Å². The maximum atomic E-state index is 13.2. The molecule has 5 heterocycles. The number of nitrogens with zero attached hydrogens (tertiary/aromatic N) is 6. The number of hydrogen-bond acceptors (Lipinski definition) is 6. The van der Waals surface area contributed by atoms with Gasteiger partial charge in [0.2, 0.25) is 0 Å². The largest absolute Gasteiger partial charge is 0.496 e.